The van der Waals surface area contributed by atoms with Crippen LogP contribution in [0.5, 0.6) is 0 Å². The average Bonchev–Trinajstić information content (AvgIpc) is 2.87. The topological polar surface area (TPSA) is 130 Å². The fourth-order valence-electron chi connectivity index (χ4n) is 1.50. The Bertz CT molecular complexity index is 645. The van der Waals surface area contributed by atoms with E-state index in [0.29, 0.717) is 11.6 Å². The van der Waals surface area contributed by atoms with Crippen molar-refractivity contribution in [1.29, 1.82) is 5.26 Å². The second-order valence-corrected chi connectivity index (χ2v) is 3.57. The molecule has 0 aliphatic carbocycles. The van der Waals surface area contributed by atoms with Crippen LogP contribution in [0.1, 0.15) is 24.5 Å². The fourth-order valence-corrected chi connectivity index (χ4v) is 1.50. The van der Waals surface area contributed by atoms with Crippen LogP contribution in [0.2, 0.25) is 0 Å². The molecular weight excluding hydrogens is 250 g/mol. The summed E-state index contributed by atoms with van der Waals surface area (Å²) in [5.74, 6) is 0.711. The first-order valence-electron chi connectivity index (χ1n) is 5.23. The Morgan fingerprint density at radius 3 is 2.95 bits per heavy atom. The first-order valence-corrected chi connectivity index (χ1v) is 5.23. The fraction of sp³-hybridized carbons (Fsp3) is 0.200. The minimum absolute atomic E-state index is 0.185. The van der Waals surface area contributed by atoms with Crippen LogP contribution in [0, 0.1) is 11.3 Å². The highest BCUT2D eigenvalue weighted by molar-refractivity contribution is 5.64. The first-order chi connectivity index (χ1) is 9.11. The Morgan fingerprint density at radius 1 is 1.47 bits per heavy atom. The summed E-state index contributed by atoms with van der Waals surface area (Å²) in [4.78, 5) is 22.3. The molecule has 0 aliphatic rings. The van der Waals surface area contributed by atoms with E-state index in [9.17, 15) is 4.79 Å². The van der Waals surface area contributed by atoms with Gasteiger partial charge in [0.15, 0.2) is 11.6 Å². The molecule has 1 unspecified atom stereocenters. The van der Waals surface area contributed by atoms with E-state index >= 15 is 0 Å². The van der Waals surface area contributed by atoms with Gasteiger partial charge in [-0.2, -0.15) is 15.0 Å². The summed E-state index contributed by atoms with van der Waals surface area (Å²) in [5.41, 5.74) is 0.185. The molecule has 0 saturated carbocycles. The first kappa shape index (κ1) is 12.4. The van der Waals surface area contributed by atoms with Crippen molar-refractivity contribution in [2.24, 2.45) is 0 Å². The van der Waals surface area contributed by atoms with E-state index in [4.69, 9.17) is 10.4 Å². The van der Waals surface area contributed by atoms with Crippen molar-refractivity contribution in [2.45, 2.75) is 13.0 Å². The van der Waals surface area contributed by atoms with Gasteiger partial charge in [0.25, 0.3) is 0 Å². The molecule has 0 fully saturated rings. The molecule has 1 amide bonds. The summed E-state index contributed by atoms with van der Waals surface area (Å²) in [6.45, 7) is 1.63. The molecule has 2 N–H and O–H groups in total. The zero-order chi connectivity index (χ0) is 13.8. The predicted octanol–water partition coefficient (Wildman–Crippen LogP) is 0.258. The van der Waals surface area contributed by atoms with Crippen LogP contribution >= 0.6 is 0 Å². The molecular formula is C10H9N7O2. The van der Waals surface area contributed by atoms with Gasteiger partial charge in [-0.05, 0) is 6.92 Å². The van der Waals surface area contributed by atoms with Crippen molar-refractivity contribution in [1.82, 2.24) is 30.0 Å². The lowest BCUT2D eigenvalue weighted by Crippen LogP contribution is -2.27. The number of amides is 1. The summed E-state index contributed by atoms with van der Waals surface area (Å²) in [5, 5.41) is 23.7. The largest absolute Gasteiger partial charge is 0.465 e. The molecule has 1 atom stereocenters. The van der Waals surface area contributed by atoms with E-state index in [2.05, 4.69) is 25.4 Å². The highest BCUT2D eigenvalue weighted by atomic mass is 16.4. The minimum atomic E-state index is -1.16. The van der Waals surface area contributed by atoms with Gasteiger partial charge in [0.1, 0.15) is 24.4 Å². The molecule has 9 nitrogen and oxygen atoms in total. The Morgan fingerprint density at radius 2 is 2.26 bits per heavy atom. The lowest BCUT2D eigenvalue weighted by Gasteiger charge is -2.11. The van der Waals surface area contributed by atoms with Crippen molar-refractivity contribution in [3.05, 3.63) is 30.2 Å². The Kier molecular flexibility index (Phi) is 3.33. The van der Waals surface area contributed by atoms with Gasteiger partial charge >= 0.3 is 6.09 Å². The van der Waals surface area contributed by atoms with Crippen LogP contribution in [0.25, 0.3) is 5.82 Å². The van der Waals surface area contributed by atoms with E-state index in [1.54, 1.807) is 6.92 Å². The highest BCUT2D eigenvalue weighted by Crippen LogP contribution is 2.13. The zero-order valence-electron chi connectivity index (χ0n) is 9.85. The molecule has 9 heteroatoms. The summed E-state index contributed by atoms with van der Waals surface area (Å²) in [6.07, 6.45) is 1.35. The van der Waals surface area contributed by atoms with Gasteiger partial charge < -0.3 is 10.4 Å². The molecule has 96 valence electrons. The minimum Gasteiger partial charge on any atom is -0.465 e. The summed E-state index contributed by atoms with van der Waals surface area (Å²) in [6, 6.07) is 2.76. The molecule has 0 saturated heterocycles. The molecule has 2 aromatic rings. The summed E-state index contributed by atoms with van der Waals surface area (Å²) < 4.78 is 1.35. The monoisotopic (exact) mass is 259 g/mol. The van der Waals surface area contributed by atoms with Gasteiger partial charge in [-0.1, -0.05) is 0 Å². The number of nitrogens with one attached hydrogen (secondary N) is 1. The van der Waals surface area contributed by atoms with Crippen LogP contribution in [0.4, 0.5) is 4.79 Å². The van der Waals surface area contributed by atoms with E-state index in [1.165, 1.54) is 23.4 Å². The number of carbonyl (C=O) groups is 1. The normalized spacial score (nSPS) is 11.6. The Hall–Kier alpha value is -3.02. The number of nitriles is 1. The van der Waals surface area contributed by atoms with Crippen LogP contribution in [-0.4, -0.2) is 35.9 Å². The number of rotatable bonds is 3. The van der Waals surface area contributed by atoms with E-state index in [1.807, 2.05) is 6.07 Å². The second kappa shape index (κ2) is 5.09. The molecule has 2 aromatic heterocycles. The lowest BCUT2D eigenvalue weighted by atomic mass is 10.3. The van der Waals surface area contributed by atoms with Gasteiger partial charge in [0.2, 0.25) is 0 Å². The van der Waals surface area contributed by atoms with E-state index in [-0.39, 0.29) is 5.69 Å². The quantitative estimate of drug-likeness (QED) is 0.808. The molecule has 0 aliphatic heterocycles. The maximum Gasteiger partial charge on any atom is 0.405 e. The van der Waals surface area contributed by atoms with E-state index < -0.39 is 12.1 Å². The van der Waals surface area contributed by atoms with E-state index in [0.717, 1.165) is 0 Å². The Balaban J connectivity index is 2.38. The van der Waals surface area contributed by atoms with Crippen molar-refractivity contribution < 1.29 is 9.90 Å². The highest BCUT2D eigenvalue weighted by Gasteiger charge is 2.17. The number of nitrogens with zero attached hydrogens (tertiary/aromatic N) is 6. The van der Waals surface area contributed by atoms with Crippen LogP contribution in [0.3, 0.4) is 0 Å². The molecule has 19 heavy (non-hydrogen) atoms. The summed E-state index contributed by atoms with van der Waals surface area (Å²) >= 11 is 0. The maximum atomic E-state index is 10.6. The van der Waals surface area contributed by atoms with Gasteiger partial charge in [-0.3, -0.25) is 0 Å². The van der Waals surface area contributed by atoms with Crippen molar-refractivity contribution >= 4 is 6.09 Å². The molecule has 0 radical (unpaired) electrons. The Labute approximate surface area is 107 Å². The number of carboxylic acid groups (broad SMARTS) is 1. The van der Waals surface area contributed by atoms with Crippen LogP contribution in [0.15, 0.2) is 18.7 Å². The third-order valence-corrected chi connectivity index (χ3v) is 2.29. The molecule has 2 rings (SSSR count). The van der Waals surface area contributed by atoms with Crippen LogP contribution < -0.4 is 5.32 Å². The number of aromatic nitrogens is 5. The predicted molar refractivity (Wildman–Crippen MR) is 61.2 cm³/mol. The summed E-state index contributed by atoms with van der Waals surface area (Å²) in [7, 11) is 0. The van der Waals surface area contributed by atoms with Crippen molar-refractivity contribution in [3.63, 3.8) is 0 Å². The second-order valence-electron chi connectivity index (χ2n) is 3.57. The zero-order valence-corrected chi connectivity index (χ0v) is 9.85. The van der Waals surface area contributed by atoms with Crippen molar-refractivity contribution in [3.8, 4) is 11.9 Å². The third kappa shape index (κ3) is 2.63. The van der Waals surface area contributed by atoms with Gasteiger partial charge in [0, 0.05) is 6.07 Å². The average molecular weight is 259 g/mol. The van der Waals surface area contributed by atoms with Gasteiger partial charge in [-0.15, -0.1) is 0 Å². The van der Waals surface area contributed by atoms with Gasteiger partial charge in [-0.25, -0.2) is 19.7 Å². The lowest BCUT2D eigenvalue weighted by molar-refractivity contribution is 0.190. The molecule has 2 heterocycles. The van der Waals surface area contributed by atoms with Crippen LogP contribution in [-0.2, 0) is 0 Å². The molecule has 0 bridgehead atoms. The number of hydrogen-bond acceptors (Lipinski definition) is 6. The number of hydrogen-bond donors (Lipinski definition) is 2. The molecule has 0 aromatic carbocycles. The van der Waals surface area contributed by atoms with Gasteiger partial charge in [0.05, 0.1) is 6.04 Å². The standard InChI is InChI=1S/C10H9N7O2/c1-6(16-10(18)19)9-14-5-15-17(9)8-2-7(3-11)12-4-13-8/h2,4-6,16H,1H3,(H,18,19). The SMILES string of the molecule is CC(NC(=O)O)c1ncnn1-c1cc(C#N)ncn1. The third-order valence-electron chi connectivity index (χ3n) is 2.29. The smallest absolute Gasteiger partial charge is 0.405 e. The molecule has 0 spiro atoms. The van der Waals surface area contributed by atoms with Crippen molar-refractivity contribution in [2.75, 3.05) is 0 Å². The maximum absolute atomic E-state index is 10.6.